The fourth-order valence-electron chi connectivity index (χ4n) is 1.68. The largest absolute Gasteiger partial charge is 0.497 e. The molecule has 6 heteroatoms. The molecule has 0 aliphatic rings. The Morgan fingerprint density at radius 3 is 2.50 bits per heavy atom. The number of benzene rings is 1. The van der Waals surface area contributed by atoms with Crippen molar-refractivity contribution in [2.75, 3.05) is 19.5 Å². The maximum atomic E-state index is 12.7. The number of ether oxygens (including phenoxy) is 1. The summed E-state index contributed by atoms with van der Waals surface area (Å²) in [7, 11) is 3.06. The van der Waals surface area contributed by atoms with E-state index in [9.17, 15) is 13.2 Å². The third-order valence-corrected chi connectivity index (χ3v) is 2.58. The Bertz CT molecular complexity index is 581. The third-order valence-electron chi connectivity index (χ3n) is 2.58. The van der Waals surface area contributed by atoms with Gasteiger partial charge in [0.2, 0.25) is 0 Å². The first-order valence-corrected chi connectivity index (χ1v) is 5.19. The van der Waals surface area contributed by atoms with E-state index in [0.29, 0.717) is 16.8 Å². The van der Waals surface area contributed by atoms with E-state index in [1.54, 1.807) is 19.2 Å². The van der Waals surface area contributed by atoms with E-state index < -0.39 is 11.9 Å². The lowest BCUT2D eigenvalue weighted by Crippen LogP contribution is -2.09. The minimum absolute atomic E-state index is 0.273. The number of alkyl halides is 3. The van der Waals surface area contributed by atoms with Crippen molar-refractivity contribution in [2.24, 2.45) is 0 Å². The van der Waals surface area contributed by atoms with Crippen molar-refractivity contribution >= 4 is 16.6 Å². The summed E-state index contributed by atoms with van der Waals surface area (Å²) in [5, 5.41) is 3.33. The third kappa shape index (κ3) is 2.18. The first-order valence-electron chi connectivity index (χ1n) is 5.19. The average molecular weight is 256 g/mol. The van der Waals surface area contributed by atoms with Crippen LogP contribution in [0.4, 0.5) is 18.9 Å². The second-order valence-electron chi connectivity index (χ2n) is 3.69. The Labute approximate surface area is 102 Å². The van der Waals surface area contributed by atoms with Crippen LogP contribution in [0.3, 0.4) is 0 Å². The van der Waals surface area contributed by atoms with Crippen molar-refractivity contribution in [3.8, 4) is 5.75 Å². The molecule has 1 heterocycles. The second-order valence-corrected chi connectivity index (χ2v) is 3.69. The molecule has 0 amide bonds. The summed E-state index contributed by atoms with van der Waals surface area (Å²) in [6, 6.07) is 5.72. The number of hydrogen-bond acceptors (Lipinski definition) is 3. The molecule has 18 heavy (non-hydrogen) atoms. The molecule has 96 valence electrons. The van der Waals surface area contributed by atoms with Gasteiger partial charge in [-0.15, -0.1) is 0 Å². The van der Waals surface area contributed by atoms with Crippen LogP contribution in [-0.2, 0) is 6.18 Å². The number of anilines is 1. The van der Waals surface area contributed by atoms with Crippen LogP contribution in [0, 0.1) is 0 Å². The number of nitrogens with one attached hydrogen (secondary N) is 1. The number of rotatable bonds is 2. The zero-order valence-corrected chi connectivity index (χ0v) is 9.80. The van der Waals surface area contributed by atoms with Crippen molar-refractivity contribution < 1.29 is 17.9 Å². The minimum Gasteiger partial charge on any atom is -0.497 e. The first-order chi connectivity index (χ1) is 8.45. The van der Waals surface area contributed by atoms with Crippen LogP contribution in [0.25, 0.3) is 10.9 Å². The van der Waals surface area contributed by atoms with Gasteiger partial charge in [0.1, 0.15) is 11.4 Å². The molecule has 1 N–H and O–H groups in total. The second kappa shape index (κ2) is 4.36. The van der Waals surface area contributed by atoms with Gasteiger partial charge in [-0.2, -0.15) is 13.2 Å². The molecule has 0 bridgehead atoms. The maximum absolute atomic E-state index is 12.7. The number of nitrogens with zero attached hydrogens (tertiary/aromatic N) is 1. The summed E-state index contributed by atoms with van der Waals surface area (Å²) < 4.78 is 43.0. The number of pyridine rings is 1. The number of halogens is 3. The van der Waals surface area contributed by atoms with Gasteiger partial charge >= 0.3 is 6.18 Å². The Balaban J connectivity index is 2.71. The molecule has 0 unspecified atom stereocenters. The van der Waals surface area contributed by atoms with Gasteiger partial charge in [-0.3, -0.25) is 0 Å². The van der Waals surface area contributed by atoms with Crippen LogP contribution in [0.5, 0.6) is 5.75 Å². The molecule has 0 saturated heterocycles. The average Bonchev–Trinajstić information content (AvgIpc) is 2.35. The molecule has 0 fully saturated rings. The fourth-order valence-corrected chi connectivity index (χ4v) is 1.68. The summed E-state index contributed by atoms with van der Waals surface area (Å²) in [5.74, 6) is 0.570. The van der Waals surface area contributed by atoms with Crippen LogP contribution in [0.1, 0.15) is 5.69 Å². The fraction of sp³-hybridized carbons (Fsp3) is 0.250. The molecule has 1 aromatic heterocycles. The van der Waals surface area contributed by atoms with Crippen LogP contribution in [-0.4, -0.2) is 19.1 Å². The number of fused-ring (bicyclic) bond motifs is 1. The molecule has 2 rings (SSSR count). The highest BCUT2D eigenvalue weighted by molar-refractivity contribution is 5.92. The van der Waals surface area contributed by atoms with Gasteiger partial charge in [0, 0.05) is 18.1 Å². The van der Waals surface area contributed by atoms with Crippen molar-refractivity contribution in [1.29, 1.82) is 0 Å². The summed E-state index contributed by atoms with van der Waals surface area (Å²) >= 11 is 0. The zero-order valence-electron chi connectivity index (χ0n) is 9.80. The van der Waals surface area contributed by atoms with Gasteiger partial charge in [0.05, 0.1) is 12.6 Å². The number of aromatic nitrogens is 1. The summed E-state index contributed by atoms with van der Waals surface area (Å²) in [6.45, 7) is 0. The van der Waals surface area contributed by atoms with Crippen molar-refractivity contribution in [2.45, 2.75) is 6.18 Å². The zero-order chi connectivity index (χ0) is 13.3. The quantitative estimate of drug-likeness (QED) is 0.895. The highest BCUT2D eigenvalue weighted by Gasteiger charge is 2.33. The Hall–Kier alpha value is -1.98. The van der Waals surface area contributed by atoms with Gasteiger partial charge in [0.25, 0.3) is 0 Å². The van der Waals surface area contributed by atoms with E-state index >= 15 is 0 Å². The summed E-state index contributed by atoms with van der Waals surface area (Å²) in [5.41, 5.74) is -0.272. The molecule has 0 spiro atoms. The van der Waals surface area contributed by atoms with Crippen LogP contribution in [0.15, 0.2) is 24.3 Å². The van der Waals surface area contributed by atoms with E-state index in [1.165, 1.54) is 13.2 Å². The number of hydrogen-bond donors (Lipinski definition) is 1. The summed E-state index contributed by atoms with van der Waals surface area (Å²) in [4.78, 5) is 3.61. The topological polar surface area (TPSA) is 34.2 Å². The Morgan fingerprint density at radius 1 is 1.22 bits per heavy atom. The summed E-state index contributed by atoms with van der Waals surface area (Å²) in [6.07, 6.45) is -4.46. The van der Waals surface area contributed by atoms with E-state index in [0.717, 1.165) is 6.07 Å². The molecule has 0 aliphatic heterocycles. The predicted octanol–water partition coefficient (Wildman–Crippen LogP) is 3.30. The van der Waals surface area contributed by atoms with Crippen molar-refractivity contribution in [3.63, 3.8) is 0 Å². The van der Waals surface area contributed by atoms with Crippen molar-refractivity contribution in [1.82, 2.24) is 4.98 Å². The van der Waals surface area contributed by atoms with E-state index in [1.807, 2.05) is 0 Å². The molecule has 0 atom stereocenters. The predicted molar refractivity (Wildman–Crippen MR) is 62.8 cm³/mol. The lowest BCUT2D eigenvalue weighted by atomic mass is 10.1. The minimum atomic E-state index is -4.46. The normalized spacial score (nSPS) is 11.6. The lowest BCUT2D eigenvalue weighted by molar-refractivity contribution is -0.140. The molecule has 1 aromatic carbocycles. The molecule has 2 aromatic rings. The van der Waals surface area contributed by atoms with E-state index in [-0.39, 0.29) is 5.52 Å². The highest BCUT2D eigenvalue weighted by atomic mass is 19.4. The molecule has 0 saturated carbocycles. The monoisotopic (exact) mass is 256 g/mol. The molecular formula is C12H11F3N2O. The van der Waals surface area contributed by atoms with E-state index in [4.69, 9.17) is 4.74 Å². The Morgan fingerprint density at radius 2 is 1.94 bits per heavy atom. The molecule has 0 aliphatic carbocycles. The van der Waals surface area contributed by atoms with Crippen molar-refractivity contribution in [3.05, 3.63) is 30.0 Å². The highest BCUT2D eigenvalue weighted by Crippen LogP contribution is 2.34. The van der Waals surface area contributed by atoms with Crippen LogP contribution >= 0.6 is 0 Å². The maximum Gasteiger partial charge on any atom is 0.433 e. The Kier molecular flexibility index (Phi) is 3.02. The molecule has 3 nitrogen and oxygen atoms in total. The standard InChI is InChI=1S/C12H11F3N2O/c1-16-10-6-11(12(13,14)15)17-9-4-3-7(18-2)5-8(9)10/h3-6H,1-2H3,(H,16,17). The van der Waals surface area contributed by atoms with Crippen LogP contribution in [0.2, 0.25) is 0 Å². The van der Waals surface area contributed by atoms with Gasteiger partial charge in [-0.25, -0.2) is 4.98 Å². The number of methoxy groups -OCH3 is 1. The van der Waals surface area contributed by atoms with Gasteiger partial charge in [0.15, 0.2) is 0 Å². The van der Waals surface area contributed by atoms with E-state index in [2.05, 4.69) is 10.3 Å². The lowest BCUT2D eigenvalue weighted by Gasteiger charge is -2.12. The smallest absolute Gasteiger partial charge is 0.433 e. The molecular weight excluding hydrogens is 245 g/mol. The first kappa shape index (κ1) is 12.5. The van der Waals surface area contributed by atoms with Gasteiger partial charge < -0.3 is 10.1 Å². The van der Waals surface area contributed by atoms with Gasteiger partial charge in [-0.1, -0.05) is 0 Å². The SMILES string of the molecule is CNc1cc(C(F)(F)F)nc2ccc(OC)cc12. The van der Waals surface area contributed by atoms with Crippen LogP contribution < -0.4 is 10.1 Å². The van der Waals surface area contributed by atoms with Gasteiger partial charge in [-0.05, 0) is 24.3 Å². The molecule has 0 radical (unpaired) electrons.